The normalized spacial score (nSPS) is 18.1. The smallest absolute Gasteiger partial charge is 0.354 e. The molecule has 0 saturated carbocycles. The molecule has 4 N–H and O–H groups in total. The van der Waals surface area contributed by atoms with Gasteiger partial charge in [-0.1, -0.05) is 0 Å². The molecule has 3 amide bonds. The maximum atomic E-state index is 12.2. The number of rotatable bonds is 3. The molecule has 1 aliphatic rings. The summed E-state index contributed by atoms with van der Waals surface area (Å²) in [6.07, 6.45) is 2.68. The van der Waals surface area contributed by atoms with Crippen LogP contribution >= 0.6 is 0 Å². The van der Waals surface area contributed by atoms with Crippen molar-refractivity contribution in [2.45, 2.75) is 12.8 Å². The molecular weight excluding hydrogens is 276 g/mol. The lowest BCUT2D eigenvalue weighted by Gasteiger charge is -2.30. The molecular formula is C13H16N4O4. The van der Waals surface area contributed by atoms with E-state index in [2.05, 4.69) is 10.3 Å². The van der Waals surface area contributed by atoms with Gasteiger partial charge in [-0.15, -0.1) is 0 Å². The molecule has 0 aromatic carbocycles. The number of carbonyl (C=O) groups is 3. The third-order valence-electron chi connectivity index (χ3n) is 3.35. The van der Waals surface area contributed by atoms with E-state index in [0.29, 0.717) is 25.1 Å². The quantitative estimate of drug-likeness (QED) is 0.748. The number of aromatic carboxylic acids is 1. The number of likely N-dealkylation sites (tertiary alicyclic amines) is 1. The van der Waals surface area contributed by atoms with Gasteiger partial charge in [-0.05, 0) is 25.0 Å². The molecule has 8 nitrogen and oxygen atoms in total. The second-order valence-electron chi connectivity index (χ2n) is 4.85. The summed E-state index contributed by atoms with van der Waals surface area (Å²) in [7, 11) is 0. The van der Waals surface area contributed by atoms with Crippen LogP contribution in [0, 0.1) is 5.92 Å². The van der Waals surface area contributed by atoms with Crippen LogP contribution in [0.4, 0.5) is 10.5 Å². The summed E-state index contributed by atoms with van der Waals surface area (Å²) in [5.74, 6) is -1.78. The summed E-state index contributed by atoms with van der Waals surface area (Å²) in [6, 6.07) is 2.26. The van der Waals surface area contributed by atoms with Gasteiger partial charge in [0.15, 0.2) is 0 Å². The van der Waals surface area contributed by atoms with E-state index < -0.39 is 12.0 Å². The predicted octanol–water partition coefficient (Wildman–Crippen LogP) is 0.509. The first-order valence-electron chi connectivity index (χ1n) is 6.52. The van der Waals surface area contributed by atoms with Crippen LogP contribution in [0.2, 0.25) is 0 Å². The number of carboxylic acids is 1. The van der Waals surface area contributed by atoms with Crippen LogP contribution in [0.5, 0.6) is 0 Å². The van der Waals surface area contributed by atoms with Crippen molar-refractivity contribution in [2.24, 2.45) is 11.7 Å². The average molecular weight is 292 g/mol. The van der Waals surface area contributed by atoms with E-state index >= 15 is 0 Å². The van der Waals surface area contributed by atoms with Gasteiger partial charge in [-0.3, -0.25) is 4.79 Å². The van der Waals surface area contributed by atoms with Gasteiger partial charge in [0.05, 0.1) is 5.92 Å². The zero-order valence-electron chi connectivity index (χ0n) is 11.3. The molecule has 1 fully saturated rings. The molecule has 1 atom stereocenters. The number of amides is 3. The van der Waals surface area contributed by atoms with Gasteiger partial charge in [0.1, 0.15) is 5.69 Å². The first-order chi connectivity index (χ1) is 9.97. The van der Waals surface area contributed by atoms with Crippen LogP contribution in [0.25, 0.3) is 0 Å². The van der Waals surface area contributed by atoms with Crippen LogP contribution in [0.3, 0.4) is 0 Å². The highest BCUT2D eigenvalue weighted by molar-refractivity contribution is 5.94. The van der Waals surface area contributed by atoms with Gasteiger partial charge in [-0.2, -0.15) is 0 Å². The number of aromatic nitrogens is 1. The second-order valence-corrected chi connectivity index (χ2v) is 4.85. The van der Waals surface area contributed by atoms with E-state index in [0.717, 1.165) is 0 Å². The standard InChI is InChI=1S/C13H16N4O4/c14-13(21)17-5-1-2-8(7-17)11(18)16-9-3-4-15-10(6-9)12(19)20/h3-4,6,8H,1-2,5,7H2,(H2,14,21)(H,19,20)(H,15,16,18). The Labute approximate surface area is 120 Å². The van der Waals surface area contributed by atoms with Crippen molar-refractivity contribution in [1.29, 1.82) is 0 Å². The Hall–Kier alpha value is -2.64. The van der Waals surface area contributed by atoms with E-state index in [1.807, 2.05) is 0 Å². The Morgan fingerprint density at radius 2 is 2.19 bits per heavy atom. The van der Waals surface area contributed by atoms with Gasteiger partial charge in [-0.25, -0.2) is 14.6 Å². The summed E-state index contributed by atoms with van der Waals surface area (Å²) in [4.78, 5) is 39.2. The fraction of sp³-hybridized carbons (Fsp3) is 0.385. The van der Waals surface area contributed by atoms with E-state index in [-0.39, 0.29) is 24.1 Å². The summed E-state index contributed by atoms with van der Waals surface area (Å²) in [5.41, 5.74) is 5.44. The molecule has 1 unspecified atom stereocenters. The highest BCUT2D eigenvalue weighted by Gasteiger charge is 2.27. The number of hydrogen-bond acceptors (Lipinski definition) is 4. The molecule has 0 bridgehead atoms. The molecule has 0 aliphatic carbocycles. The predicted molar refractivity (Wildman–Crippen MR) is 73.7 cm³/mol. The largest absolute Gasteiger partial charge is 0.477 e. The second kappa shape index (κ2) is 6.21. The maximum Gasteiger partial charge on any atom is 0.354 e. The van der Waals surface area contributed by atoms with Crippen LogP contribution in [0.1, 0.15) is 23.3 Å². The number of nitrogens with one attached hydrogen (secondary N) is 1. The van der Waals surface area contributed by atoms with Gasteiger partial charge < -0.3 is 21.1 Å². The molecule has 0 spiro atoms. The van der Waals surface area contributed by atoms with Crippen LogP contribution < -0.4 is 11.1 Å². The van der Waals surface area contributed by atoms with Crippen molar-refractivity contribution in [1.82, 2.24) is 9.88 Å². The van der Waals surface area contributed by atoms with Gasteiger partial charge in [0, 0.05) is 25.0 Å². The molecule has 112 valence electrons. The number of carbonyl (C=O) groups excluding carboxylic acids is 2. The van der Waals surface area contributed by atoms with E-state index in [1.165, 1.54) is 23.2 Å². The van der Waals surface area contributed by atoms with Crippen molar-refractivity contribution < 1.29 is 19.5 Å². The number of carboxylic acid groups (broad SMARTS) is 1. The highest BCUT2D eigenvalue weighted by atomic mass is 16.4. The van der Waals surface area contributed by atoms with Gasteiger partial charge >= 0.3 is 12.0 Å². The summed E-state index contributed by atoms with van der Waals surface area (Å²) >= 11 is 0. The minimum Gasteiger partial charge on any atom is -0.477 e. The van der Waals surface area contributed by atoms with Crippen LogP contribution in [0.15, 0.2) is 18.3 Å². The Kier molecular flexibility index (Phi) is 4.36. The number of nitrogens with zero attached hydrogens (tertiary/aromatic N) is 2. The van der Waals surface area contributed by atoms with Crippen molar-refractivity contribution in [3.8, 4) is 0 Å². The third-order valence-corrected chi connectivity index (χ3v) is 3.35. The summed E-state index contributed by atoms with van der Waals surface area (Å²) in [6.45, 7) is 0.829. The number of primary amides is 1. The third kappa shape index (κ3) is 3.68. The van der Waals surface area contributed by atoms with Crippen molar-refractivity contribution in [3.05, 3.63) is 24.0 Å². The molecule has 0 radical (unpaired) electrons. The molecule has 8 heteroatoms. The molecule has 1 aliphatic heterocycles. The van der Waals surface area contributed by atoms with Gasteiger partial charge in [0.25, 0.3) is 0 Å². The lowest BCUT2D eigenvalue weighted by molar-refractivity contribution is -0.121. The van der Waals surface area contributed by atoms with E-state index in [4.69, 9.17) is 10.8 Å². The minimum atomic E-state index is -1.16. The molecule has 1 aromatic heterocycles. The number of hydrogen-bond donors (Lipinski definition) is 3. The SMILES string of the molecule is NC(=O)N1CCCC(C(=O)Nc2ccnc(C(=O)O)c2)C1. The Balaban J connectivity index is 2.02. The minimum absolute atomic E-state index is 0.143. The first kappa shape index (κ1) is 14.8. The Morgan fingerprint density at radius 1 is 1.43 bits per heavy atom. The van der Waals surface area contributed by atoms with E-state index in [9.17, 15) is 14.4 Å². The molecule has 2 rings (SSSR count). The molecule has 1 saturated heterocycles. The van der Waals surface area contributed by atoms with E-state index in [1.54, 1.807) is 0 Å². The van der Waals surface area contributed by atoms with Crippen molar-refractivity contribution in [2.75, 3.05) is 18.4 Å². The zero-order valence-corrected chi connectivity index (χ0v) is 11.3. The number of piperidine rings is 1. The van der Waals surface area contributed by atoms with Gasteiger partial charge in [0.2, 0.25) is 5.91 Å². The zero-order chi connectivity index (χ0) is 15.4. The van der Waals surface area contributed by atoms with Crippen LogP contribution in [-0.2, 0) is 4.79 Å². The number of pyridine rings is 1. The maximum absolute atomic E-state index is 12.2. The molecule has 1 aromatic rings. The van der Waals surface area contributed by atoms with Crippen LogP contribution in [-0.4, -0.2) is 46.0 Å². The topological polar surface area (TPSA) is 126 Å². The average Bonchev–Trinajstić information content (AvgIpc) is 2.47. The number of urea groups is 1. The molecule has 2 heterocycles. The molecule has 21 heavy (non-hydrogen) atoms. The fourth-order valence-electron chi connectivity index (χ4n) is 2.26. The Bertz CT molecular complexity index is 575. The monoisotopic (exact) mass is 292 g/mol. The van der Waals surface area contributed by atoms with Crippen molar-refractivity contribution in [3.63, 3.8) is 0 Å². The Morgan fingerprint density at radius 3 is 2.86 bits per heavy atom. The van der Waals surface area contributed by atoms with Crippen molar-refractivity contribution >= 4 is 23.6 Å². The number of nitrogens with two attached hydrogens (primary N) is 1. The fourth-order valence-corrected chi connectivity index (χ4v) is 2.26. The lowest BCUT2D eigenvalue weighted by Crippen LogP contribution is -2.46. The highest BCUT2D eigenvalue weighted by Crippen LogP contribution is 2.18. The first-order valence-corrected chi connectivity index (χ1v) is 6.52. The lowest BCUT2D eigenvalue weighted by atomic mass is 9.97. The summed E-state index contributed by atoms with van der Waals surface area (Å²) < 4.78 is 0. The summed E-state index contributed by atoms with van der Waals surface area (Å²) in [5, 5.41) is 11.5. The number of anilines is 1.